The molecule has 0 saturated heterocycles. The predicted octanol–water partition coefficient (Wildman–Crippen LogP) is 1.81. The van der Waals surface area contributed by atoms with Crippen LogP contribution in [-0.4, -0.2) is 17.4 Å². The highest BCUT2D eigenvalue weighted by molar-refractivity contribution is 5.78. The number of aryl methyl sites for hydroxylation is 1. The van der Waals surface area contributed by atoms with Crippen molar-refractivity contribution in [3.63, 3.8) is 0 Å². The Hall–Kier alpha value is -1.75. The minimum atomic E-state index is -0.972. The molecule has 0 aliphatic heterocycles. The number of rotatable bonds is 5. The van der Waals surface area contributed by atoms with Crippen molar-refractivity contribution in [3.05, 3.63) is 34.6 Å². The maximum Gasteiger partial charge on any atom is 0.303 e. The van der Waals surface area contributed by atoms with Crippen LogP contribution in [0.5, 0.6) is 0 Å². The molecule has 4 nitrogen and oxygen atoms in total. The summed E-state index contributed by atoms with van der Waals surface area (Å²) in [4.78, 5) is 21.3. The van der Waals surface area contributed by atoms with Crippen molar-refractivity contribution in [1.29, 1.82) is 0 Å². The average Bonchev–Trinajstić information content (AvgIpc) is 2.28. The highest BCUT2D eigenvalue weighted by Crippen LogP contribution is 2.22. The van der Waals surface area contributed by atoms with Gasteiger partial charge in [-0.1, -0.05) is 0 Å². The van der Waals surface area contributed by atoms with Crippen molar-refractivity contribution >= 4 is 12.3 Å². The monoisotopic (exact) mass is 239 g/mol. The summed E-state index contributed by atoms with van der Waals surface area (Å²) in [5.41, 5.74) is 6.77. The summed E-state index contributed by atoms with van der Waals surface area (Å²) in [7, 11) is 0. The van der Waals surface area contributed by atoms with Crippen LogP contribution in [0, 0.1) is 12.7 Å². The number of aliphatic carboxylic acids is 1. The van der Waals surface area contributed by atoms with Gasteiger partial charge in [-0.3, -0.25) is 9.59 Å². The predicted molar refractivity (Wildman–Crippen MR) is 60.3 cm³/mol. The Balaban J connectivity index is 2.99. The van der Waals surface area contributed by atoms with Gasteiger partial charge >= 0.3 is 5.97 Å². The molecular formula is C12H14FNO3. The fourth-order valence-corrected chi connectivity index (χ4v) is 1.58. The van der Waals surface area contributed by atoms with Crippen LogP contribution < -0.4 is 5.73 Å². The van der Waals surface area contributed by atoms with Gasteiger partial charge in [0.05, 0.1) is 0 Å². The third kappa shape index (κ3) is 3.35. The van der Waals surface area contributed by atoms with Gasteiger partial charge in [0.2, 0.25) is 0 Å². The highest BCUT2D eigenvalue weighted by atomic mass is 19.1. The first-order valence-corrected chi connectivity index (χ1v) is 5.18. The Morgan fingerprint density at radius 3 is 2.76 bits per heavy atom. The van der Waals surface area contributed by atoms with Crippen LogP contribution in [0.1, 0.15) is 40.4 Å². The molecule has 0 saturated carbocycles. The van der Waals surface area contributed by atoms with Crippen LogP contribution in [0.15, 0.2) is 12.1 Å². The normalized spacial score (nSPS) is 12.2. The summed E-state index contributed by atoms with van der Waals surface area (Å²) in [6.45, 7) is 1.55. The molecule has 0 fully saturated rings. The minimum absolute atomic E-state index is 0.116. The van der Waals surface area contributed by atoms with Crippen LogP contribution in [0.3, 0.4) is 0 Å². The summed E-state index contributed by atoms with van der Waals surface area (Å²) in [5, 5.41) is 8.54. The average molecular weight is 239 g/mol. The molecular weight excluding hydrogens is 225 g/mol. The van der Waals surface area contributed by atoms with Gasteiger partial charge in [-0.25, -0.2) is 4.39 Å². The van der Waals surface area contributed by atoms with E-state index in [0.717, 1.165) is 0 Å². The molecule has 1 unspecified atom stereocenters. The second-order valence-corrected chi connectivity index (χ2v) is 3.89. The molecule has 1 aromatic rings. The fourth-order valence-electron chi connectivity index (χ4n) is 1.58. The molecule has 0 amide bonds. The number of hydrogen-bond acceptors (Lipinski definition) is 3. The van der Waals surface area contributed by atoms with Crippen LogP contribution in [0.2, 0.25) is 0 Å². The molecule has 0 radical (unpaired) electrons. The summed E-state index contributed by atoms with van der Waals surface area (Å²) in [6, 6.07) is 1.96. The number of benzene rings is 1. The maximum atomic E-state index is 13.4. The number of carboxylic acids is 1. The largest absolute Gasteiger partial charge is 0.481 e. The fraction of sp³-hybridized carbons (Fsp3) is 0.333. The van der Waals surface area contributed by atoms with Gasteiger partial charge in [0.15, 0.2) is 0 Å². The first-order chi connectivity index (χ1) is 7.95. The molecule has 0 bridgehead atoms. The third-order valence-corrected chi connectivity index (χ3v) is 2.56. The van der Waals surface area contributed by atoms with Crippen molar-refractivity contribution < 1.29 is 19.1 Å². The molecule has 92 valence electrons. The van der Waals surface area contributed by atoms with E-state index in [2.05, 4.69) is 0 Å². The zero-order valence-electron chi connectivity index (χ0n) is 9.44. The second kappa shape index (κ2) is 5.54. The first kappa shape index (κ1) is 13.3. The molecule has 1 aromatic carbocycles. The van der Waals surface area contributed by atoms with E-state index < -0.39 is 17.8 Å². The van der Waals surface area contributed by atoms with Crippen molar-refractivity contribution in [3.8, 4) is 0 Å². The summed E-state index contributed by atoms with van der Waals surface area (Å²) in [5.74, 6) is -1.42. The van der Waals surface area contributed by atoms with E-state index in [1.807, 2.05) is 0 Å². The number of aldehydes is 1. The molecule has 1 atom stereocenters. The number of hydrogen-bond donors (Lipinski definition) is 2. The maximum absolute atomic E-state index is 13.4. The van der Waals surface area contributed by atoms with E-state index in [4.69, 9.17) is 10.8 Å². The van der Waals surface area contributed by atoms with Crippen molar-refractivity contribution in [2.75, 3.05) is 0 Å². The summed E-state index contributed by atoms with van der Waals surface area (Å²) < 4.78 is 13.4. The lowest BCUT2D eigenvalue weighted by atomic mass is 9.96. The molecule has 0 heterocycles. The van der Waals surface area contributed by atoms with E-state index in [0.29, 0.717) is 23.0 Å². The van der Waals surface area contributed by atoms with Crippen molar-refractivity contribution in [2.45, 2.75) is 25.8 Å². The van der Waals surface area contributed by atoms with Gasteiger partial charge in [-0.15, -0.1) is 0 Å². The van der Waals surface area contributed by atoms with Gasteiger partial charge in [0, 0.05) is 18.0 Å². The van der Waals surface area contributed by atoms with E-state index >= 15 is 0 Å². The van der Waals surface area contributed by atoms with E-state index in [-0.39, 0.29) is 12.8 Å². The van der Waals surface area contributed by atoms with E-state index in [9.17, 15) is 14.0 Å². The SMILES string of the molecule is Cc1cc(C=O)c(C(N)CCC(=O)O)cc1F. The van der Waals surface area contributed by atoms with Gasteiger partial charge in [0.1, 0.15) is 12.1 Å². The Labute approximate surface area is 98.2 Å². The second-order valence-electron chi connectivity index (χ2n) is 3.89. The highest BCUT2D eigenvalue weighted by Gasteiger charge is 2.14. The Morgan fingerprint density at radius 1 is 1.59 bits per heavy atom. The number of halogens is 1. The quantitative estimate of drug-likeness (QED) is 0.768. The number of nitrogens with two attached hydrogens (primary N) is 1. The molecule has 3 N–H and O–H groups in total. The first-order valence-electron chi connectivity index (χ1n) is 5.18. The number of carboxylic acid groups (broad SMARTS) is 1. The Kier molecular flexibility index (Phi) is 4.34. The summed E-state index contributed by atoms with van der Waals surface area (Å²) in [6.07, 6.45) is 0.649. The van der Waals surface area contributed by atoms with Gasteiger partial charge < -0.3 is 10.8 Å². The van der Waals surface area contributed by atoms with Crippen molar-refractivity contribution in [2.24, 2.45) is 5.73 Å². The molecule has 0 spiro atoms. The van der Waals surface area contributed by atoms with Crippen LogP contribution >= 0.6 is 0 Å². The zero-order valence-corrected chi connectivity index (χ0v) is 9.44. The lowest BCUT2D eigenvalue weighted by Crippen LogP contribution is -2.15. The van der Waals surface area contributed by atoms with Crippen LogP contribution in [0.4, 0.5) is 4.39 Å². The Morgan fingerprint density at radius 2 is 2.24 bits per heavy atom. The molecule has 17 heavy (non-hydrogen) atoms. The number of carbonyl (C=O) groups excluding carboxylic acids is 1. The summed E-state index contributed by atoms with van der Waals surface area (Å²) >= 11 is 0. The molecule has 0 aliphatic carbocycles. The molecule has 0 aliphatic rings. The van der Waals surface area contributed by atoms with Crippen LogP contribution in [-0.2, 0) is 4.79 Å². The van der Waals surface area contributed by atoms with Crippen molar-refractivity contribution in [1.82, 2.24) is 0 Å². The molecule has 1 rings (SSSR count). The van der Waals surface area contributed by atoms with Gasteiger partial charge in [-0.05, 0) is 36.6 Å². The topological polar surface area (TPSA) is 80.4 Å². The lowest BCUT2D eigenvalue weighted by Gasteiger charge is -2.14. The number of carbonyl (C=O) groups is 2. The van der Waals surface area contributed by atoms with Gasteiger partial charge in [-0.2, -0.15) is 0 Å². The van der Waals surface area contributed by atoms with Crippen LogP contribution in [0.25, 0.3) is 0 Å². The zero-order chi connectivity index (χ0) is 13.0. The smallest absolute Gasteiger partial charge is 0.303 e. The van der Waals surface area contributed by atoms with Gasteiger partial charge in [0.25, 0.3) is 0 Å². The molecule has 5 heteroatoms. The van der Waals surface area contributed by atoms with E-state index in [1.54, 1.807) is 6.92 Å². The standard InChI is InChI=1S/C12H14FNO3/c1-7-4-8(6-15)9(5-10(7)13)11(14)2-3-12(16)17/h4-6,11H,2-3,14H2,1H3,(H,16,17). The third-order valence-electron chi connectivity index (χ3n) is 2.56. The minimum Gasteiger partial charge on any atom is -0.481 e. The molecule has 0 aromatic heterocycles. The lowest BCUT2D eigenvalue weighted by molar-refractivity contribution is -0.137. The van der Waals surface area contributed by atoms with E-state index in [1.165, 1.54) is 12.1 Å². The Bertz CT molecular complexity index is 446.